The van der Waals surface area contributed by atoms with Gasteiger partial charge in [0.2, 0.25) is 0 Å². The second kappa shape index (κ2) is 53.5. The number of carboxylic acids is 1. The van der Waals surface area contributed by atoms with Crippen LogP contribution in [0.5, 0.6) is 0 Å². The van der Waals surface area contributed by atoms with E-state index >= 15 is 0 Å². The first kappa shape index (κ1) is 71.9. The van der Waals surface area contributed by atoms with E-state index in [1.807, 2.05) is 12.2 Å². The molecule has 0 aromatic heterocycles. The van der Waals surface area contributed by atoms with Crippen molar-refractivity contribution in [2.75, 3.05) is 13.2 Å². The van der Waals surface area contributed by atoms with Crippen molar-refractivity contribution in [1.82, 2.24) is 0 Å². The van der Waals surface area contributed by atoms with Gasteiger partial charge in [-0.2, -0.15) is 0 Å². The molecule has 1 saturated heterocycles. The Morgan fingerprint density at radius 3 is 1.25 bits per heavy atom. The first-order valence-electron chi connectivity index (χ1n) is 30.2. The Kier molecular flexibility index (Phi) is 48.7. The maximum Gasteiger partial charge on any atom is 0.335 e. The van der Waals surface area contributed by atoms with Crippen LogP contribution in [-0.2, 0) is 42.9 Å². The van der Waals surface area contributed by atoms with Crippen LogP contribution in [0.3, 0.4) is 0 Å². The molecule has 6 atom stereocenters. The fraction of sp³-hybridized carbons (Fsp3) is 0.612. The molecule has 12 nitrogen and oxygen atoms in total. The van der Waals surface area contributed by atoms with Crippen LogP contribution in [0.25, 0.3) is 0 Å². The number of allylic oxidation sites excluding steroid dienone is 22. The van der Waals surface area contributed by atoms with E-state index in [2.05, 4.69) is 142 Å². The van der Waals surface area contributed by atoms with Gasteiger partial charge in [0, 0.05) is 19.3 Å². The predicted octanol–water partition coefficient (Wildman–Crippen LogP) is 15.8. The van der Waals surface area contributed by atoms with E-state index in [9.17, 15) is 34.5 Å². The molecule has 0 saturated carbocycles. The number of aliphatic hydroxyl groups excluding tert-OH is 2. The van der Waals surface area contributed by atoms with Crippen molar-refractivity contribution in [2.45, 2.75) is 250 Å². The minimum Gasteiger partial charge on any atom is -0.479 e. The average molecular weight is 1100 g/mol. The zero-order chi connectivity index (χ0) is 57.5. The number of rotatable bonds is 49. The molecule has 0 aromatic rings. The van der Waals surface area contributed by atoms with E-state index in [1.54, 1.807) is 0 Å². The van der Waals surface area contributed by atoms with Gasteiger partial charge in [0.25, 0.3) is 0 Å². The third kappa shape index (κ3) is 43.4. The molecule has 6 unspecified atom stereocenters. The van der Waals surface area contributed by atoms with Crippen LogP contribution in [0, 0.1) is 0 Å². The molecule has 3 N–H and O–H groups in total. The van der Waals surface area contributed by atoms with Crippen molar-refractivity contribution in [3.63, 3.8) is 0 Å². The molecule has 0 aromatic carbocycles. The third-order valence-electron chi connectivity index (χ3n) is 12.7. The maximum atomic E-state index is 13.1. The second-order valence-corrected chi connectivity index (χ2v) is 19.9. The molecule has 0 spiro atoms. The highest BCUT2D eigenvalue weighted by Gasteiger charge is 2.50. The van der Waals surface area contributed by atoms with E-state index in [4.69, 9.17) is 23.7 Å². The van der Waals surface area contributed by atoms with Gasteiger partial charge in [0.1, 0.15) is 18.8 Å². The van der Waals surface area contributed by atoms with E-state index in [1.165, 1.54) is 0 Å². The number of carbonyl (C=O) groups excluding carboxylic acids is 3. The summed E-state index contributed by atoms with van der Waals surface area (Å²) in [5.74, 6) is -3.25. The largest absolute Gasteiger partial charge is 0.479 e. The molecule has 1 rings (SSSR count). The molecule has 0 radical (unpaired) electrons. The van der Waals surface area contributed by atoms with Gasteiger partial charge in [0.05, 0.1) is 6.61 Å². The van der Waals surface area contributed by atoms with E-state index in [0.29, 0.717) is 25.7 Å². The summed E-state index contributed by atoms with van der Waals surface area (Å²) >= 11 is 0. The molecule has 1 aliphatic rings. The van der Waals surface area contributed by atoms with Crippen LogP contribution in [0.4, 0.5) is 0 Å². The fourth-order valence-electron chi connectivity index (χ4n) is 8.14. The van der Waals surface area contributed by atoms with Crippen molar-refractivity contribution < 1.29 is 58.2 Å². The van der Waals surface area contributed by atoms with Crippen LogP contribution in [0.15, 0.2) is 134 Å². The summed E-state index contributed by atoms with van der Waals surface area (Å²) in [7, 11) is 0. The zero-order valence-corrected chi connectivity index (χ0v) is 48.8. The summed E-state index contributed by atoms with van der Waals surface area (Å²) in [6, 6.07) is 0. The summed E-state index contributed by atoms with van der Waals surface area (Å²) in [5, 5.41) is 31.5. The predicted molar refractivity (Wildman–Crippen MR) is 321 cm³/mol. The Bertz CT molecular complexity index is 1880. The Balaban J connectivity index is 2.73. The molecule has 0 amide bonds. The van der Waals surface area contributed by atoms with E-state index < -0.39 is 67.3 Å². The third-order valence-corrected chi connectivity index (χ3v) is 12.7. The van der Waals surface area contributed by atoms with Gasteiger partial charge < -0.3 is 39.0 Å². The molecule has 79 heavy (non-hydrogen) atoms. The summed E-state index contributed by atoms with van der Waals surface area (Å²) in [5.41, 5.74) is 0. The molecular weight excluding hydrogens is 997 g/mol. The second-order valence-electron chi connectivity index (χ2n) is 19.9. The molecule has 1 aliphatic heterocycles. The summed E-state index contributed by atoms with van der Waals surface area (Å²) in [6.07, 6.45) is 62.8. The Morgan fingerprint density at radius 2 is 0.810 bits per heavy atom. The highest BCUT2D eigenvalue weighted by Crippen LogP contribution is 2.26. The van der Waals surface area contributed by atoms with Gasteiger partial charge in [-0.25, -0.2) is 4.79 Å². The van der Waals surface area contributed by atoms with E-state index in [0.717, 1.165) is 148 Å². The number of carbonyl (C=O) groups is 4. The quantitative estimate of drug-likeness (QED) is 0.0228. The maximum absolute atomic E-state index is 13.1. The van der Waals surface area contributed by atoms with Crippen molar-refractivity contribution in [3.8, 4) is 0 Å². The van der Waals surface area contributed by atoms with Crippen LogP contribution in [0.1, 0.15) is 213 Å². The Morgan fingerprint density at radius 1 is 0.430 bits per heavy atom. The van der Waals surface area contributed by atoms with Gasteiger partial charge in [-0.1, -0.05) is 206 Å². The molecule has 444 valence electrons. The van der Waals surface area contributed by atoms with Crippen molar-refractivity contribution >= 4 is 23.9 Å². The zero-order valence-electron chi connectivity index (χ0n) is 48.8. The lowest BCUT2D eigenvalue weighted by molar-refractivity contribution is -0.301. The van der Waals surface area contributed by atoms with Gasteiger partial charge >= 0.3 is 23.9 Å². The number of unbranched alkanes of at least 4 members (excludes halogenated alkanes) is 13. The number of ether oxygens (including phenoxy) is 5. The molecule has 0 bridgehead atoms. The number of carboxylic acid groups (broad SMARTS) is 1. The summed E-state index contributed by atoms with van der Waals surface area (Å²) in [6.45, 7) is 5.64. The minimum absolute atomic E-state index is 0.0281. The standard InChI is InChI=1S/C67H104O12/c1-4-7-10-13-16-19-22-25-27-29-30-32-33-36-38-41-44-47-50-53-59(68)75-56-58(77-60(69)54-51-48-45-42-39-35-24-21-18-15-12-9-6-3)57-76-67-65(63(72)62(71)64(79-67)66(73)74)78-61(70)55-52-49-46-43-40-37-34-31-28-26-23-20-17-14-11-8-5-2/h7-8,10-12,15-17,19-21,24-28,30,32,34,37,43,46,58,62-65,67,71-72H,4-6,9,13-14,18,22-23,29,31,33,35-36,38-42,44-45,47-57H2,1-3H3,(H,73,74)/b10-7-,11-8-,15-12-,19-16-,20-17-,24-21-,27-25-,28-26-,32-30-,37-34-,46-43-. The van der Waals surface area contributed by atoms with Gasteiger partial charge in [0.15, 0.2) is 24.6 Å². The van der Waals surface area contributed by atoms with Crippen LogP contribution >= 0.6 is 0 Å². The number of hydrogen-bond donors (Lipinski definition) is 3. The fourth-order valence-corrected chi connectivity index (χ4v) is 8.14. The monoisotopic (exact) mass is 1100 g/mol. The van der Waals surface area contributed by atoms with E-state index in [-0.39, 0.29) is 25.9 Å². The Labute approximate surface area is 477 Å². The van der Waals surface area contributed by atoms with Crippen molar-refractivity contribution in [2.24, 2.45) is 0 Å². The lowest BCUT2D eigenvalue weighted by atomic mass is 9.98. The molecule has 1 heterocycles. The Hall–Kier alpha value is -5.14. The van der Waals surface area contributed by atoms with Crippen molar-refractivity contribution in [3.05, 3.63) is 134 Å². The van der Waals surface area contributed by atoms with Gasteiger partial charge in [-0.3, -0.25) is 14.4 Å². The molecule has 0 aliphatic carbocycles. The number of hydrogen-bond acceptors (Lipinski definition) is 11. The first-order valence-corrected chi connectivity index (χ1v) is 30.2. The normalized spacial score (nSPS) is 18.8. The first-order chi connectivity index (χ1) is 38.6. The number of aliphatic hydroxyl groups is 2. The smallest absolute Gasteiger partial charge is 0.335 e. The van der Waals surface area contributed by atoms with Gasteiger partial charge in [-0.05, 0) is 122 Å². The molecular formula is C67H104O12. The minimum atomic E-state index is -1.93. The molecule has 1 fully saturated rings. The molecule has 12 heteroatoms. The number of aliphatic carboxylic acids is 1. The van der Waals surface area contributed by atoms with Crippen LogP contribution in [0.2, 0.25) is 0 Å². The van der Waals surface area contributed by atoms with Crippen LogP contribution in [-0.4, -0.2) is 89.2 Å². The van der Waals surface area contributed by atoms with Crippen LogP contribution < -0.4 is 0 Å². The van der Waals surface area contributed by atoms with Gasteiger partial charge in [-0.15, -0.1) is 0 Å². The highest BCUT2D eigenvalue weighted by atomic mass is 16.7. The highest BCUT2D eigenvalue weighted by molar-refractivity contribution is 5.74. The van der Waals surface area contributed by atoms with Crippen molar-refractivity contribution in [1.29, 1.82) is 0 Å². The SMILES string of the molecule is CC/C=C\C/C=C\C/C=C\C/C=C\C/C=C\CCCC(=O)OC1C(OCC(COC(=O)CCCCCCCC/C=C\C/C=C\C/C=C\C/C=C\CC)OC(=O)CCCCCCC/C=C\C/C=C\CCC)OC(C(=O)O)C(O)C1O. The summed E-state index contributed by atoms with van der Waals surface area (Å²) in [4.78, 5) is 51.2. The lowest BCUT2D eigenvalue weighted by Crippen LogP contribution is -2.61. The lowest BCUT2D eigenvalue weighted by Gasteiger charge is -2.40. The average Bonchev–Trinajstić information content (AvgIpc) is 3.46. The summed E-state index contributed by atoms with van der Waals surface area (Å²) < 4.78 is 28.4. The topological polar surface area (TPSA) is 175 Å². The number of esters is 3.